The van der Waals surface area contributed by atoms with Gasteiger partial charge in [0.15, 0.2) is 0 Å². The van der Waals surface area contributed by atoms with Crippen molar-refractivity contribution in [2.45, 2.75) is 30.6 Å². The molecule has 0 radical (unpaired) electrons. The first-order valence-corrected chi connectivity index (χ1v) is 9.90. The van der Waals surface area contributed by atoms with Crippen molar-refractivity contribution in [3.8, 4) is 0 Å². The predicted octanol–water partition coefficient (Wildman–Crippen LogP) is 2.67. The van der Waals surface area contributed by atoms with Crippen LogP contribution in [-0.4, -0.2) is 20.9 Å². The van der Waals surface area contributed by atoms with Gasteiger partial charge in [-0.1, -0.05) is 35.9 Å². The van der Waals surface area contributed by atoms with E-state index < -0.39 is 10.0 Å². The fraction of sp³-hybridized carbons (Fsp3) is 0.278. The normalized spacial score (nSPS) is 11.3. The van der Waals surface area contributed by atoms with Crippen LogP contribution in [0.15, 0.2) is 53.4 Å². The molecule has 0 aromatic heterocycles. The SMILES string of the molecule is NS(=O)(=O)c1ccc(CCCNC(=O)CCc2cccc(Cl)c2)cc1. The molecular formula is C18H21ClN2O3S. The second kappa shape index (κ2) is 8.99. The van der Waals surface area contributed by atoms with Gasteiger partial charge in [0.1, 0.15) is 0 Å². The number of aryl methyl sites for hydroxylation is 2. The molecule has 2 aromatic rings. The van der Waals surface area contributed by atoms with Crippen molar-refractivity contribution in [2.24, 2.45) is 5.14 Å². The molecule has 25 heavy (non-hydrogen) atoms. The first-order valence-electron chi connectivity index (χ1n) is 7.97. The smallest absolute Gasteiger partial charge is 0.238 e. The van der Waals surface area contributed by atoms with Crippen molar-refractivity contribution in [1.82, 2.24) is 5.32 Å². The molecule has 0 aliphatic carbocycles. The quantitative estimate of drug-likeness (QED) is 0.690. The first kappa shape index (κ1) is 19.4. The monoisotopic (exact) mass is 380 g/mol. The number of hydrogen-bond donors (Lipinski definition) is 2. The molecule has 0 saturated carbocycles. The molecule has 0 bridgehead atoms. The number of nitrogens with two attached hydrogens (primary N) is 1. The lowest BCUT2D eigenvalue weighted by Crippen LogP contribution is -2.25. The highest BCUT2D eigenvalue weighted by Crippen LogP contribution is 2.12. The highest BCUT2D eigenvalue weighted by Gasteiger charge is 2.07. The highest BCUT2D eigenvalue weighted by molar-refractivity contribution is 7.89. The van der Waals surface area contributed by atoms with Gasteiger partial charge >= 0.3 is 0 Å². The Morgan fingerprint density at radius 3 is 2.40 bits per heavy atom. The van der Waals surface area contributed by atoms with Gasteiger partial charge in [-0.15, -0.1) is 0 Å². The standard InChI is InChI=1S/C18H21ClN2O3S/c19-16-5-1-3-15(13-16)8-11-18(22)21-12-2-4-14-6-9-17(10-7-14)25(20,23)24/h1,3,5-7,9-10,13H,2,4,8,11-12H2,(H,21,22)(H2,20,23,24). The zero-order chi connectivity index (χ0) is 18.3. The van der Waals surface area contributed by atoms with Gasteiger partial charge in [-0.2, -0.15) is 0 Å². The van der Waals surface area contributed by atoms with E-state index in [9.17, 15) is 13.2 Å². The summed E-state index contributed by atoms with van der Waals surface area (Å²) in [7, 11) is -3.65. The molecule has 0 fully saturated rings. The average molecular weight is 381 g/mol. The summed E-state index contributed by atoms with van der Waals surface area (Å²) in [5.41, 5.74) is 2.04. The van der Waals surface area contributed by atoms with Crippen LogP contribution in [0, 0.1) is 0 Å². The Labute approximate surface area is 153 Å². The summed E-state index contributed by atoms with van der Waals surface area (Å²) in [4.78, 5) is 11.9. The van der Waals surface area contributed by atoms with E-state index in [4.69, 9.17) is 16.7 Å². The highest BCUT2D eigenvalue weighted by atomic mass is 35.5. The van der Waals surface area contributed by atoms with E-state index >= 15 is 0 Å². The van der Waals surface area contributed by atoms with Gasteiger partial charge in [-0.3, -0.25) is 4.79 Å². The fourth-order valence-corrected chi connectivity index (χ4v) is 3.13. The first-order chi connectivity index (χ1) is 11.8. The Morgan fingerprint density at radius 2 is 1.76 bits per heavy atom. The van der Waals surface area contributed by atoms with E-state index in [-0.39, 0.29) is 10.8 Å². The van der Waals surface area contributed by atoms with Gasteiger partial charge in [-0.05, 0) is 54.7 Å². The minimum atomic E-state index is -3.65. The second-order valence-electron chi connectivity index (χ2n) is 5.77. The molecule has 2 rings (SSSR count). The Balaban J connectivity index is 1.67. The van der Waals surface area contributed by atoms with Gasteiger partial charge in [0, 0.05) is 18.0 Å². The van der Waals surface area contributed by atoms with Gasteiger partial charge < -0.3 is 5.32 Å². The Bertz CT molecular complexity index is 820. The number of carbonyl (C=O) groups excluding carboxylic acids is 1. The summed E-state index contributed by atoms with van der Waals surface area (Å²) in [6.45, 7) is 0.575. The molecule has 1 amide bonds. The number of carbonyl (C=O) groups is 1. The zero-order valence-electron chi connectivity index (χ0n) is 13.7. The van der Waals surface area contributed by atoms with Crippen LogP contribution in [0.5, 0.6) is 0 Å². The molecule has 0 heterocycles. The van der Waals surface area contributed by atoms with Crippen LogP contribution in [0.4, 0.5) is 0 Å². The van der Waals surface area contributed by atoms with Gasteiger partial charge in [0.05, 0.1) is 4.90 Å². The van der Waals surface area contributed by atoms with E-state index in [1.54, 1.807) is 18.2 Å². The molecule has 0 aliphatic rings. The fourth-order valence-electron chi connectivity index (χ4n) is 2.40. The number of sulfonamides is 1. The Hall–Kier alpha value is -1.89. The predicted molar refractivity (Wildman–Crippen MR) is 98.9 cm³/mol. The molecule has 134 valence electrons. The van der Waals surface area contributed by atoms with Crippen LogP contribution >= 0.6 is 11.6 Å². The summed E-state index contributed by atoms with van der Waals surface area (Å²) in [5.74, 6) is 0.00421. The van der Waals surface area contributed by atoms with Crippen molar-refractivity contribution in [3.63, 3.8) is 0 Å². The van der Waals surface area contributed by atoms with Crippen molar-refractivity contribution < 1.29 is 13.2 Å². The van der Waals surface area contributed by atoms with Crippen LogP contribution in [0.3, 0.4) is 0 Å². The van der Waals surface area contributed by atoms with Crippen molar-refractivity contribution in [2.75, 3.05) is 6.54 Å². The summed E-state index contributed by atoms with van der Waals surface area (Å²) in [5, 5.41) is 8.62. The minimum Gasteiger partial charge on any atom is -0.356 e. The number of nitrogens with one attached hydrogen (secondary N) is 1. The lowest BCUT2D eigenvalue weighted by Gasteiger charge is -2.06. The number of halogens is 1. The van der Waals surface area contributed by atoms with Gasteiger partial charge in [0.25, 0.3) is 0 Å². The molecule has 5 nitrogen and oxygen atoms in total. The number of primary sulfonamides is 1. The molecule has 0 aliphatic heterocycles. The number of benzene rings is 2. The summed E-state index contributed by atoms with van der Waals surface area (Å²) in [6.07, 6.45) is 2.60. The number of hydrogen-bond acceptors (Lipinski definition) is 3. The van der Waals surface area contributed by atoms with Gasteiger partial charge in [-0.25, -0.2) is 13.6 Å². The molecule has 0 saturated heterocycles. The molecule has 0 unspecified atom stereocenters. The number of amides is 1. The van der Waals surface area contributed by atoms with E-state index in [2.05, 4.69) is 5.32 Å². The van der Waals surface area contributed by atoms with Crippen LogP contribution < -0.4 is 10.5 Å². The summed E-state index contributed by atoms with van der Waals surface area (Å²) < 4.78 is 22.4. The lowest BCUT2D eigenvalue weighted by atomic mass is 10.1. The third-order valence-electron chi connectivity index (χ3n) is 3.75. The van der Waals surface area contributed by atoms with Crippen molar-refractivity contribution in [1.29, 1.82) is 0 Å². The van der Waals surface area contributed by atoms with Crippen LogP contribution in [0.2, 0.25) is 5.02 Å². The van der Waals surface area contributed by atoms with Crippen LogP contribution in [0.1, 0.15) is 24.0 Å². The van der Waals surface area contributed by atoms with Gasteiger partial charge in [0.2, 0.25) is 15.9 Å². The van der Waals surface area contributed by atoms with E-state index in [0.29, 0.717) is 24.4 Å². The van der Waals surface area contributed by atoms with E-state index in [1.165, 1.54) is 12.1 Å². The molecule has 3 N–H and O–H groups in total. The molecule has 0 spiro atoms. The van der Waals surface area contributed by atoms with E-state index in [1.807, 2.05) is 18.2 Å². The van der Waals surface area contributed by atoms with Crippen LogP contribution in [0.25, 0.3) is 0 Å². The Kier molecular flexibility index (Phi) is 6.99. The largest absolute Gasteiger partial charge is 0.356 e. The third-order valence-corrected chi connectivity index (χ3v) is 4.91. The second-order valence-corrected chi connectivity index (χ2v) is 7.77. The van der Waals surface area contributed by atoms with Crippen LogP contribution in [-0.2, 0) is 27.7 Å². The lowest BCUT2D eigenvalue weighted by molar-refractivity contribution is -0.121. The molecule has 0 atom stereocenters. The molecular weight excluding hydrogens is 360 g/mol. The topological polar surface area (TPSA) is 89.3 Å². The maximum absolute atomic E-state index is 11.8. The number of rotatable bonds is 8. The average Bonchev–Trinajstić information content (AvgIpc) is 2.57. The zero-order valence-corrected chi connectivity index (χ0v) is 15.3. The molecule has 7 heteroatoms. The summed E-state index contributed by atoms with van der Waals surface area (Å²) in [6, 6.07) is 14.0. The van der Waals surface area contributed by atoms with E-state index in [0.717, 1.165) is 24.0 Å². The third kappa shape index (κ3) is 6.86. The maximum Gasteiger partial charge on any atom is 0.238 e. The van der Waals surface area contributed by atoms with Crippen molar-refractivity contribution in [3.05, 3.63) is 64.7 Å². The summed E-state index contributed by atoms with van der Waals surface area (Å²) >= 11 is 5.91. The molecule has 2 aromatic carbocycles. The maximum atomic E-state index is 11.8. The minimum absolute atomic E-state index is 0.00421. The Morgan fingerprint density at radius 1 is 1.04 bits per heavy atom. The van der Waals surface area contributed by atoms with Crippen molar-refractivity contribution >= 4 is 27.5 Å².